The normalized spacial score (nSPS) is 12.0. The van der Waals surface area contributed by atoms with Gasteiger partial charge in [-0.3, -0.25) is 0 Å². The average molecular weight is 437 g/mol. The van der Waals surface area contributed by atoms with Gasteiger partial charge in [0.25, 0.3) is 5.89 Å². The van der Waals surface area contributed by atoms with Crippen LogP contribution in [-0.2, 0) is 11.3 Å². The van der Waals surface area contributed by atoms with Crippen LogP contribution >= 0.6 is 11.6 Å². The van der Waals surface area contributed by atoms with Gasteiger partial charge in [-0.25, -0.2) is 9.48 Å². The number of halogens is 1. The zero-order chi connectivity index (χ0) is 22.0. The third kappa shape index (κ3) is 4.51. The standard InChI is InChI=1S/C23H21ClN4O3/c1-14-9-11-18(12-10-14)22-26-25-21(31-22)16(3)30-23(29)19-15(2)27-28(20(19)24)13-17-7-5-4-6-8-17/h4-12,16H,13H2,1-3H3. The summed E-state index contributed by atoms with van der Waals surface area (Å²) < 4.78 is 12.8. The molecule has 4 rings (SSSR count). The van der Waals surface area contributed by atoms with E-state index in [2.05, 4.69) is 15.3 Å². The van der Waals surface area contributed by atoms with Gasteiger partial charge in [0.05, 0.1) is 12.2 Å². The maximum absolute atomic E-state index is 12.8. The summed E-state index contributed by atoms with van der Waals surface area (Å²) in [6, 6.07) is 17.5. The minimum atomic E-state index is -0.743. The zero-order valence-corrected chi connectivity index (χ0v) is 18.1. The van der Waals surface area contributed by atoms with Crippen molar-refractivity contribution in [1.82, 2.24) is 20.0 Å². The lowest BCUT2D eigenvalue weighted by atomic mass is 10.1. The number of ether oxygens (including phenoxy) is 1. The molecule has 0 aliphatic rings. The van der Waals surface area contributed by atoms with E-state index in [4.69, 9.17) is 20.8 Å². The molecule has 1 atom stereocenters. The Kier molecular flexibility index (Phi) is 5.86. The van der Waals surface area contributed by atoms with Gasteiger partial charge in [-0.2, -0.15) is 5.10 Å². The Morgan fingerprint density at radius 2 is 1.81 bits per heavy atom. The molecule has 7 nitrogen and oxygen atoms in total. The second-order valence-corrected chi connectivity index (χ2v) is 7.61. The van der Waals surface area contributed by atoms with Gasteiger partial charge in [-0.1, -0.05) is 59.6 Å². The van der Waals surface area contributed by atoms with Crippen LogP contribution in [0.1, 0.15) is 46.1 Å². The van der Waals surface area contributed by atoms with Crippen molar-refractivity contribution in [2.45, 2.75) is 33.4 Å². The maximum Gasteiger partial charge on any atom is 0.343 e. The SMILES string of the molecule is Cc1ccc(-c2nnc(C(C)OC(=O)c3c(C)nn(Cc4ccccc4)c3Cl)o2)cc1. The van der Waals surface area contributed by atoms with Gasteiger partial charge in [0.15, 0.2) is 6.10 Å². The number of aryl methyl sites for hydroxylation is 2. The fourth-order valence-electron chi connectivity index (χ4n) is 3.13. The zero-order valence-electron chi connectivity index (χ0n) is 17.4. The number of benzene rings is 2. The summed E-state index contributed by atoms with van der Waals surface area (Å²) in [4.78, 5) is 12.8. The highest BCUT2D eigenvalue weighted by molar-refractivity contribution is 6.32. The molecular weight excluding hydrogens is 416 g/mol. The largest absolute Gasteiger partial charge is 0.449 e. The highest BCUT2D eigenvalue weighted by Gasteiger charge is 2.26. The summed E-state index contributed by atoms with van der Waals surface area (Å²) in [6.45, 7) is 5.84. The van der Waals surface area contributed by atoms with E-state index in [1.54, 1.807) is 18.5 Å². The minimum Gasteiger partial charge on any atom is -0.449 e. The maximum atomic E-state index is 12.8. The van der Waals surface area contributed by atoms with E-state index in [-0.39, 0.29) is 16.6 Å². The van der Waals surface area contributed by atoms with Crippen LogP contribution in [-0.4, -0.2) is 25.9 Å². The molecule has 0 radical (unpaired) electrons. The van der Waals surface area contributed by atoms with E-state index in [9.17, 15) is 4.79 Å². The number of carbonyl (C=O) groups excluding carboxylic acids is 1. The van der Waals surface area contributed by atoms with Gasteiger partial charge in [0.2, 0.25) is 5.89 Å². The third-order valence-corrected chi connectivity index (χ3v) is 5.20. The lowest BCUT2D eigenvalue weighted by molar-refractivity contribution is 0.0279. The van der Waals surface area contributed by atoms with Crippen LogP contribution in [0, 0.1) is 13.8 Å². The minimum absolute atomic E-state index is 0.203. The molecule has 2 heterocycles. The van der Waals surface area contributed by atoms with Crippen LogP contribution in [0.15, 0.2) is 59.0 Å². The molecule has 0 amide bonds. The first-order valence-corrected chi connectivity index (χ1v) is 10.2. The molecule has 0 aliphatic carbocycles. The molecule has 31 heavy (non-hydrogen) atoms. The first kappa shape index (κ1) is 20.8. The lowest BCUT2D eigenvalue weighted by Crippen LogP contribution is -2.11. The summed E-state index contributed by atoms with van der Waals surface area (Å²) in [7, 11) is 0. The average Bonchev–Trinajstić information content (AvgIpc) is 3.34. The molecule has 0 fully saturated rings. The van der Waals surface area contributed by atoms with Crippen molar-refractivity contribution in [2.75, 3.05) is 0 Å². The van der Waals surface area contributed by atoms with E-state index in [0.29, 0.717) is 18.1 Å². The van der Waals surface area contributed by atoms with Crippen molar-refractivity contribution < 1.29 is 13.9 Å². The second kappa shape index (κ2) is 8.73. The summed E-state index contributed by atoms with van der Waals surface area (Å²) in [5.41, 5.74) is 3.66. The summed E-state index contributed by atoms with van der Waals surface area (Å²) in [6.07, 6.45) is -0.743. The molecule has 0 saturated carbocycles. The van der Waals surface area contributed by atoms with E-state index in [0.717, 1.165) is 16.7 Å². The predicted molar refractivity (Wildman–Crippen MR) is 116 cm³/mol. The number of carbonyl (C=O) groups is 1. The molecule has 0 aliphatic heterocycles. The number of aromatic nitrogens is 4. The predicted octanol–water partition coefficient (Wildman–Crippen LogP) is 5.17. The Morgan fingerprint density at radius 1 is 1.10 bits per heavy atom. The topological polar surface area (TPSA) is 83.0 Å². The van der Waals surface area contributed by atoms with Crippen molar-refractivity contribution in [3.8, 4) is 11.5 Å². The Bertz CT molecular complexity index is 1200. The van der Waals surface area contributed by atoms with Gasteiger partial charge in [-0.15, -0.1) is 10.2 Å². The fraction of sp³-hybridized carbons (Fsp3) is 0.217. The molecule has 1 unspecified atom stereocenters. The van der Waals surface area contributed by atoms with Crippen molar-refractivity contribution in [3.63, 3.8) is 0 Å². The molecule has 2 aromatic heterocycles. The monoisotopic (exact) mass is 436 g/mol. The molecule has 4 aromatic rings. The van der Waals surface area contributed by atoms with E-state index in [1.165, 1.54) is 0 Å². The van der Waals surface area contributed by atoms with Crippen LogP contribution in [0.3, 0.4) is 0 Å². The van der Waals surface area contributed by atoms with Gasteiger partial charge in [-0.05, 0) is 38.5 Å². The summed E-state index contributed by atoms with van der Waals surface area (Å²) in [5.74, 6) is -0.0263. The van der Waals surface area contributed by atoms with Gasteiger partial charge in [0.1, 0.15) is 10.7 Å². The van der Waals surface area contributed by atoms with Crippen molar-refractivity contribution in [1.29, 1.82) is 0 Å². The summed E-state index contributed by atoms with van der Waals surface area (Å²) in [5, 5.41) is 12.7. The van der Waals surface area contributed by atoms with Crippen molar-refractivity contribution in [2.24, 2.45) is 0 Å². The number of esters is 1. The molecule has 0 spiro atoms. The molecule has 8 heteroatoms. The van der Waals surface area contributed by atoms with Crippen LogP contribution in [0.5, 0.6) is 0 Å². The smallest absolute Gasteiger partial charge is 0.343 e. The highest BCUT2D eigenvalue weighted by Crippen LogP contribution is 2.26. The fourth-order valence-corrected chi connectivity index (χ4v) is 3.44. The second-order valence-electron chi connectivity index (χ2n) is 7.25. The summed E-state index contributed by atoms with van der Waals surface area (Å²) >= 11 is 6.45. The van der Waals surface area contributed by atoms with Crippen molar-refractivity contribution >= 4 is 17.6 Å². The van der Waals surface area contributed by atoms with E-state index >= 15 is 0 Å². The molecule has 0 bridgehead atoms. The number of hydrogen-bond donors (Lipinski definition) is 0. The van der Waals surface area contributed by atoms with Crippen molar-refractivity contribution in [3.05, 3.63) is 88.0 Å². The van der Waals surface area contributed by atoms with E-state index < -0.39 is 12.1 Å². The molecule has 0 saturated heterocycles. The van der Waals surface area contributed by atoms with Gasteiger partial charge < -0.3 is 9.15 Å². The molecule has 158 valence electrons. The first-order valence-electron chi connectivity index (χ1n) is 9.80. The van der Waals surface area contributed by atoms with Gasteiger partial charge in [0, 0.05) is 5.56 Å². The van der Waals surface area contributed by atoms with Crippen LogP contribution < -0.4 is 0 Å². The van der Waals surface area contributed by atoms with E-state index in [1.807, 2.05) is 61.5 Å². The van der Waals surface area contributed by atoms with Crippen LogP contribution in [0.4, 0.5) is 0 Å². The number of nitrogens with zero attached hydrogens (tertiary/aromatic N) is 4. The van der Waals surface area contributed by atoms with Crippen LogP contribution in [0.25, 0.3) is 11.5 Å². The molecule has 2 aromatic carbocycles. The quantitative estimate of drug-likeness (QED) is 0.388. The number of rotatable bonds is 6. The Labute approximate surface area is 184 Å². The lowest BCUT2D eigenvalue weighted by Gasteiger charge is -2.09. The third-order valence-electron chi connectivity index (χ3n) is 4.82. The Morgan fingerprint density at radius 3 is 2.52 bits per heavy atom. The Hall–Kier alpha value is -3.45. The Balaban J connectivity index is 1.49. The molecule has 0 N–H and O–H groups in total. The van der Waals surface area contributed by atoms with Gasteiger partial charge >= 0.3 is 5.97 Å². The highest BCUT2D eigenvalue weighted by atomic mass is 35.5. The number of hydrogen-bond acceptors (Lipinski definition) is 6. The first-order chi connectivity index (χ1) is 14.9. The van der Waals surface area contributed by atoms with Crippen LogP contribution in [0.2, 0.25) is 5.15 Å². The molecular formula is C23H21ClN4O3.